The number of hydrogen-bond donors (Lipinski definition) is 2. The van der Waals surface area contributed by atoms with Crippen molar-refractivity contribution in [1.82, 2.24) is 5.32 Å². The molecule has 7 heteroatoms. The maximum atomic E-state index is 12.3. The van der Waals surface area contributed by atoms with Gasteiger partial charge in [0.25, 0.3) is 0 Å². The molecule has 1 aromatic carbocycles. The molecule has 3 rings (SSSR count). The summed E-state index contributed by atoms with van der Waals surface area (Å²) in [6, 6.07) is 6.53. The molecule has 6 nitrogen and oxygen atoms in total. The van der Waals surface area contributed by atoms with Crippen molar-refractivity contribution in [3.05, 3.63) is 24.3 Å². The second-order valence-electron chi connectivity index (χ2n) is 5.31. The van der Waals surface area contributed by atoms with Crippen LogP contribution < -0.4 is 15.4 Å². The van der Waals surface area contributed by atoms with Crippen molar-refractivity contribution in [2.24, 2.45) is 5.14 Å². The standard InChI is InChI=1S/C13H17N3O3S/c14-20(18,19)11-3-1-2-10(8-11)16-7-6-12(13(16)17)15-9-4-5-9/h1-3,8-9,12,15H,4-7H2,(H2,14,18,19). The van der Waals surface area contributed by atoms with E-state index in [2.05, 4.69) is 5.32 Å². The van der Waals surface area contributed by atoms with Crippen LogP contribution in [0.2, 0.25) is 0 Å². The second-order valence-corrected chi connectivity index (χ2v) is 6.88. The van der Waals surface area contributed by atoms with E-state index < -0.39 is 10.0 Å². The molecule has 1 amide bonds. The monoisotopic (exact) mass is 295 g/mol. The lowest BCUT2D eigenvalue weighted by Crippen LogP contribution is -2.39. The second kappa shape index (κ2) is 4.83. The quantitative estimate of drug-likeness (QED) is 0.829. The van der Waals surface area contributed by atoms with E-state index >= 15 is 0 Å². The van der Waals surface area contributed by atoms with Gasteiger partial charge in [-0.3, -0.25) is 4.79 Å². The van der Waals surface area contributed by atoms with Crippen LogP contribution in [0.1, 0.15) is 19.3 Å². The normalized spacial score (nSPS) is 23.4. The summed E-state index contributed by atoms with van der Waals surface area (Å²) in [5.74, 6) is 0.00321. The van der Waals surface area contributed by atoms with Crippen LogP contribution in [-0.4, -0.2) is 33.0 Å². The molecule has 1 aromatic rings. The summed E-state index contributed by atoms with van der Waals surface area (Å²) in [7, 11) is -3.75. The molecule has 1 heterocycles. The van der Waals surface area contributed by atoms with E-state index in [1.165, 1.54) is 12.1 Å². The molecular weight excluding hydrogens is 278 g/mol. The zero-order chi connectivity index (χ0) is 14.3. The SMILES string of the molecule is NS(=O)(=O)c1cccc(N2CCC(NC3CC3)C2=O)c1. The number of carbonyl (C=O) groups excluding carboxylic acids is 1. The predicted molar refractivity (Wildman–Crippen MR) is 74.7 cm³/mol. The molecule has 1 aliphatic carbocycles. The van der Waals surface area contributed by atoms with Gasteiger partial charge in [0, 0.05) is 18.3 Å². The number of nitrogens with zero attached hydrogens (tertiary/aromatic N) is 1. The number of benzene rings is 1. The Balaban J connectivity index is 1.81. The molecule has 3 N–H and O–H groups in total. The number of primary sulfonamides is 1. The van der Waals surface area contributed by atoms with E-state index in [-0.39, 0.29) is 16.8 Å². The van der Waals surface area contributed by atoms with Crippen LogP contribution in [0.25, 0.3) is 0 Å². The third kappa shape index (κ3) is 2.70. The van der Waals surface area contributed by atoms with Crippen LogP contribution in [0.15, 0.2) is 29.2 Å². The molecule has 1 atom stereocenters. The lowest BCUT2D eigenvalue weighted by molar-refractivity contribution is -0.118. The van der Waals surface area contributed by atoms with Crippen molar-refractivity contribution in [3.63, 3.8) is 0 Å². The fourth-order valence-electron chi connectivity index (χ4n) is 2.45. The van der Waals surface area contributed by atoms with Crippen molar-refractivity contribution in [2.75, 3.05) is 11.4 Å². The molecule has 20 heavy (non-hydrogen) atoms. The van der Waals surface area contributed by atoms with Gasteiger partial charge in [-0.2, -0.15) is 0 Å². The van der Waals surface area contributed by atoms with E-state index in [4.69, 9.17) is 5.14 Å². The highest BCUT2D eigenvalue weighted by molar-refractivity contribution is 7.89. The molecule has 1 saturated heterocycles. The Morgan fingerprint density at radius 2 is 2.00 bits per heavy atom. The topological polar surface area (TPSA) is 92.5 Å². The Labute approximate surface area is 118 Å². The number of hydrogen-bond acceptors (Lipinski definition) is 4. The largest absolute Gasteiger partial charge is 0.311 e. The molecule has 1 aliphatic heterocycles. The average Bonchev–Trinajstić information content (AvgIpc) is 3.14. The number of amides is 1. The highest BCUT2D eigenvalue weighted by Gasteiger charge is 2.36. The van der Waals surface area contributed by atoms with Crippen molar-refractivity contribution in [3.8, 4) is 0 Å². The molecule has 108 valence electrons. The third-order valence-corrected chi connectivity index (χ3v) is 4.59. The summed E-state index contributed by atoms with van der Waals surface area (Å²) < 4.78 is 22.7. The van der Waals surface area contributed by atoms with Crippen molar-refractivity contribution in [1.29, 1.82) is 0 Å². The first-order chi connectivity index (χ1) is 9.45. The summed E-state index contributed by atoms with van der Waals surface area (Å²) >= 11 is 0. The van der Waals surface area contributed by atoms with Gasteiger partial charge in [0.05, 0.1) is 10.9 Å². The van der Waals surface area contributed by atoms with Crippen LogP contribution in [0.3, 0.4) is 0 Å². The van der Waals surface area contributed by atoms with E-state index in [1.54, 1.807) is 17.0 Å². The van der Waals surface area contributed by atoms with E-state index in [1.807, 2.05) is 0 Å². The summed E-state index contributed by atoms with van der Waals surface area (Å²) in [6.45, 7) is 0.595. The van der Waals surface area contributed by atoms with Crippen molar-refractivity contribution >= 4 is 21.6 Å². The molecule has 1 unspecified atom stereocenters. The Hall–Kier alpha value is -1.44. The fourth-order valence-corrected chi connectivity index (χ4v) is 3.01. The Morgan fingerprint density at radius 1 is 1.25 bits per heavy atom. The molecule has 0 spiro atoms. The molecule has 0 bridgehead atoms. The lowest BCUT2D eigenvalue weighted by atomic mass is 10.2. The summed E-state index contributed by atoms with van der Waals surface area (Å²) in [5.41, 5.74) is 0.585. The van der Waals surface area contributed by atoms with E-state index in [0.29, 0.717) is 18.3 Å². The van der Waals surface area contributed by atoms with Gasteiger partial charge in [-0.25, -0.2) is 13.6 Å². The van der Waals surface area contributed by atoms with Gasteiger partial charge in [-0.15, -0.1) is 0 Å². The number of nitrogens with one attached hydrogen (secondary N) is 1. The van der Waals surface area contributed by atoms with Gasteiger partial charge in [0.15, 0.2) is 0 Å². The van der Waals surface area contributed by atoms with Crippen LogP contribution in [0.4, 0.5) is 5.69 Å². The summed E-state index contributed by atoms with van der Waals surface area (Å²) in [5, 5.41) is 8.43. The first kappa shape index (κ1) is 13.5. The zero-order valence-electron chi connectivity index (χ0n) is 11.0. The molecule has 0 aromatic heterocycles. The first-order valence-electron chi connectivity index (χ1n) is 6.65. The number of carbonyl (C=O) groups is 1. The highest BCUT2D eigenvalue weighted by Crippen LogP contribution is 2.26. The minimum atomic E-state index is -3.75. The number of rotatable bonds is 4. The molecule has 2 aliphatic rings. The number of sulfonamides is 1. The van der Waals surface area contributed by atoms with Crippen LogP contribution in [-0.2, 0) is 14.8 Å². The molecule has 0 radical (unpaired) electrons. The van der Waals surface area contributed by atoms with Gasteiger partial charge in [-0.05, 0) is 37.5 Å². The molecular formula is C13H17N3O3S. The van der Waals surface area contributed by atoms with Crippen molar-refractivity contribution in [2.45, 2.75) is 36.2 Å². The van der Waals surface area contributed by atoms with Crippen molar-refractivity contribution < 1.29 is 13.2 Å². The smallest absolute Gasteiger partial charge is 0.244 e. The third-order valence-electron chi connectivity index (χ3n) is 3.68. The van der Waals surface area contributed by atoms with E-state index in [0.717, 1.165) is 19.3 Å². The Kier molecular flexibility index (Phi) is 3.27. The maximum Gasteiger partial charge on any atom is 0.244 e. The lowest BCUT2D eigenvalue weighted by Gasteiger charge is -2.17. The summed E-state index contributed by atoms with van der Waals surface area (Å²) in [4.78, 5) is 14.0. The van der Waals surface area contributed by atoms with Crippen LogP contribution >= 0.6 is 0 Å². The van der Waals surface area contributed by atoms with Gasteiger partial charge < -0.3 is 10.2 Å². The molecule has 2 fully saturated rings. The first-order valence-corrected chi connectivity index (χ1v) is 8.20. The Bertz CT molecular complexity index is 640. The predicted octanol–water partition coefficient (Wildman–Crippen LogP) is 0.191. The highest BCUT2D eigenvalue weighted by atomic mass is 32.2. The summed E-state index contributed by atoms with van der Waals surface area (Å²) in [6.07, 6.45) is 3.00. The number of anilines is 1. The van der Waals surface area contributed by atoms with Crippen LogP contribution in [0.5, 0.6) is 0 Å². The van der Waals surface area contributed by atoms with Gasteiger partial charge in [0.2, 0.25) is 15.9 Å². The molecule has 1 saturated carbocycles. The van der Waals surface area contributed by atoms with Gasteiger partial charge >= 0.3 is 0 Å². The number of nitrogens with two attached hydrogens (primary N) is 1. The fraction of sp³-hybridized carbons (Fsp3) is 0.462. The minimum Gasteiger partial charge on any atom is -0.311 e. The maximum absolute atomic E-state index is 12.3. The Morgan fingerprint density at radius 3 is 2.65 bits per heavy atom. The zero-order valence-corrected chi connectivity index (χ0v) is 11.8. The van der Waals surface area contributed by atoms with Gasteiger partial charge in [-0.1, -0.05) is 6.07 Å². The van der Waals surface area contributed by atoms with Crippen LogP contribution in [0, 0.1) is 0 Å². The minimum absolute atomic E-state index is 0.00321. The van der Waals surface area contributed by atoms with E-state index in [9.17, 15) is 13.2 Å². The van der Waals surface area contributed by atoms with Gasteiger partial charge in [0.1, 0.15) is 0 Å². The average molecular weight is 295 g/mol.